The van der Waals surface area contributed by atoms with E-state index in [1.165, 1.54) is 29.5 Å². The molecule has 1 aromatic heterocycles. The van der Waals surface area contributed by atoms with Crippen molar-refractivity contribution in [3.8, 4) is 5.75 Å². The number of benzene rings is 2. The lowest BCUT2D eigenvalue weighted by Gasteiger charge is -2.16. The molecule has 0 bridgehead atoms. The summed E-state index contributed by atoms with van der Waals surface area (Å²) in [5.74, 6) is 1.67. The fourth-order valence-electron chi connectivity index (χ4n) is 3.13. The molecule has 0 aliphatic carbocycles. The van der Waals surface area contributed by atoms with Crippen LogP contribution in [0.15, 0.2) is 54.2 Å². The highest BCUT2D eigenvalue weighted by Crippen LogP contribution is 2.32. The standard InChI is InChI=1S/C24H25Cl3N4O2S/c1-5-10-31-23(15(4)33-17-8-6-16(7-9-17)14(2)3)29-30-24(31)34-13-22(32)28-21-12-19(26)18(25)11-20(21)27/h5-9,11-12,14-15H,1,10,13H2,2-4H3,(H,28,32). The van der Waals surface area contributed by atoms with Crippen LogP contribution >= 0.6 is 46.6 Å². The molecular weight excluding hydrogens is 515 g/mol. The lowest BCUT2D eigenvalue weighted by Crippen LogP contribution is -2.16. The Morgan fingerprint density at radius 3 is 2.44 bits per heavy atom. The maximum absolute atomic E-state index is 12.5. The molecule has 0 aliphatic heterocycles. The highest BCUT2D eigenvalue weighted by molar-refractivity contribution is 7.99. The first-order chi connectivity index (χ1) is 16.2. The van der Waals surface area contributed by atoms with Crippen molar-refractivity contribution >= 4 is 58.2 Å². The maximum atomic E-state index is 12.5. The molecule has 0 saturated heterocycles. The van der Waals surface area contributed by atoms with Gasteiger partial charge in [-0.1, -0.05) is 78.6 Å². The van der Waals surface area contributed by atoms with Crippen LogP contribution in [0, 0.1) is 0 Å². The average molecular weight is 540 g/mol. The SMILES string of the molecule is C=CCn1c(SCC(=O)Nc2cc(Cl)c(Cl)cc2Cl)nnc1C(C)Oc1ccc(C(C)C)cc1. The van der Waals surface area contributed by atoms with Gasteiger partial charge >= 0.3 is 0 Å². The second-order valence-electron chi connectivity index (χ2n) is 7.81. The summed E-state index contributed by atoms with van der Waals surface area (Å²) in [7, 11) is 0. The number of halogens is 3. The third-order valence-electron chi connectivity index (χ3n) is 4.90. The van der Waals surface area contributed by atoms with Crippen molar-refractivity contribution in [3.63, 3.8) is 0 Å². The molecule has 1 unspecified atom stereocenters. The molecule has 1 heterocycles. The number of ether oxygens (including phenoxy) is 1. The van der Waals surface area contributed by atoms with Crippen molar-refractivity contribution in [2.45, 2.75) is 44.5 Å². The van der Waals surface area contributed by atoms with Gasteiger partial charge in [0.15, 0.2) is 17.1 Å². The van der Waals surface area contributed by atoms with E-state index in [-0.39, 0.29) is 17.8 Å². The Hall–Kier alpha value is -2.19. The molecular formula is C24H25Cl3N4O2S. The molecule has 0 aliphatic rings. The Labute approximate surface area is 218 Å². The lowest BCUT2D eigenvalue weighted by atomic mass is 10.0. The zero-order valence-electron chi connectivity index (χ0n) is 19.0. The van der Waals surface area contributed by atoms with Crippen LogP contribution in [0.1, 0.15) is 44.2 Å². The van der Waals surface area contributed by atoms with E-state index in [1.807, 2.05) is 23.6 Å². The number of carbonyl (C=O) groups is 1. The molecule has 1 atom stereocenters. The summed E-state index contributed by atoms with van der Waals surface area (Å²) in [6.45, 7) is 10.5. The molecule has 2 aromatic carbocycles. The number of anilines is 1. The number of rotatable bonds is 10. The quantitative estimate of drug-likeness (QED) is 0.165. The number of hydrogen-bond acceptors (Lipinski definition) is 5. The van der Waals surface area contributed by atoms with Gasteiger partial charge in [-0.15, -0.1) is 16.8 Å². The van der Waals surface area contributed by atoms with E-state index in [2.05, 4.69) is 48.1 Å². The molecule has 1 amide bonds. The van der Waals surface area contributed by atoms with Gasteiger partial charge in [0.25, 0.3) is 0 Å². The number of allylic oxidation sites excluding steroid dienone is 1. The second kappa shape index (κ2) is 12.0. The summed E-state index contributed by atoms with van der Waals surface area (Å²) in [6, 6.07) is 11.0. The zero-order chi connectivity index (χ0) is 24.8. The molecule has 0 radical (unpaired) electrons. The van der Waals surface area contributed by atoms with Gasteiger partial charge in [-0.3, -0.25) is 9.36 Å². The van der Waals surface area contributed by atoms with Gasteiger partial charge in [-0.25, -0.2) is 0 Å². The van der Waals surface area contributed by atoms with E-state index in [4.69, 9.17) is 39.5 Å². The summed E-state index contributed by atoms with van der Waals surface area (Å²) in [5.41, 5.74) is 1.63. The Morgan fingerprint density at radius 2 is 1.79 bits per heavy atom. The van der Waals surface area contributed by atoms with E-state index < -0.39 is 0 Å². The van der Waals surface area contributed by atoms with Crippen LogP contribution in [0.5, 0.6) is 5.75 Å². The van der Waals surface area contributed by atoms with Crippen molar-refractivity contribution in [3.05, 3.63) is 75.5 Å². The molecule has 34 heavy (non-hydrogen) atoms. The smallest absolute Gasteiger partial charge is 0.234 e. The third-order valence-corrected chi connectivity index (χ3v) is 6.90. The molecule has 0 saturated carbocycles. The molecule has 0 spiro atoms. The Balaban J connectivity index is 1.67. The number of nitrogens with zero attached hydrogens (tertiary/aromatic N) is 3. The third kappa shape index (κ3) is 6.69. The van der Waals surface area contributed by atoms with Gasteiger partial charge in [0, 0.05) is 6.54 Å². The first kappa shape index (κ1) is 26.4. The molecule has 6 nitrogen and oxygen atoms in total. The molecule has 1 N–H and O–H groups in total. The zero-order valence-corrected chi connectivity index (χ0v) is 22.1. The Morgan fingerprint density at radius 1 is 1.12 bits per heavy atom. The average Bonchev–Trinajstić information content (AvgIpc) is 3.19. The number of thioether (sulfide) groups is 1. The van der Waals surface area contributed by atoms with Crippen LogP contribution in [0.2, 0.25) is 15.1 Å². The van der Waals surface area contributed by atoms with Gasteiger partial charge in [-0.05, 0) is 42.7 Å². The van der Waals surface area contributed by atoms with Crippen molar-refractivity contribution in [2.24, 2.45) is 0 Å². The van der Waals surface area contributed by atoms with E-state index in [1.54, 1.807) is 6.08 Å². The predicted octanol–water partition coefficient (Wildman–Crippen LogP) is 7.42. The largest absolute Gasteiger partial charge is 0.483 e. The minimum atomic E-state index is -0.351. The Bertz CT molecular complexity index is 1170. The summed E-state index contributed by atoms with van der Waals surface area (Å²) in [6.07, 6.45) is 1.40. The van der Waals surface area contributed by atoms with Crippen molar-refractivity contribution in [2.75, 3.05) is 11.1 Å². The Kier molecular flexibility index (Phi) is 9.31. The monoisotopic (exact) mass is 538 g/mol. The molecule has 3 rings (SSSR count). The van der Waals surface area contributed by atoms with Gasteiger partial charge in [-0.2, -0.15) is 0 Å². The number of hydrogen-bond donors (Lipinski definition) is 1. The fourth-order valence-corrected chi connectivity index (χ4v) is 4.48. The number of aromatic nitrogens is 3. The normalized spacial score (nSPS) is 12.0. The summed E-state index contributed by atoms with van der Waals surface area (Å²) < 4.78 is 7.97. The van der Waals surface area contributed by atoms with Crippen LogP contribution < -0.4 is 10.1 Å². The van der Waals surface area contributed by atoms with Crippen LogP contribution in [0.4, 0.5) is 5.69 Å². The molecule has 3 aromatic rings. The second-order valence-corrected chi connectivity index (χ2v) is 9.97. The van der Waals surface area contributed by atoms with E-state index in [0.29, 0.717) is 44.2 Å². The number of nitrogens with one attached hydrogen (secondary N) is 1. The first-order valence-electron chi connectivity index (χ1n) is 10.6. The minimum Gasteiger partial charge on any atom is -0.483 e. The van der Waals surface area contributed by atoms with Crippen LogP contribution in [-0.2, 0) is 11.3 Å². The fraction of sp³-hybridized carbons (Fsp3) is 0.292. The molecule has 10 heteroatoms. The summed E-state index contributed by atoms with van der Waals surface area (Å²) in [5, 5.41) is 12.8. The van der Waals surface area contributed by atoms with Crippen molar-refractivity contribution in [1.82, 2.24) is 14.8 Å². The van der Waals surface area contributed by atoms with Crippen LogP contribution in [-0.4, -0.2) is 26.4 Å². The lowest BCUT2D eigenvalue weighted by molar-refractivity contribution is -0.113. The van der Waals surface area contributed by atoms with Crippen molar-refractivity contribution < 1.29 is 9.53 Å². The number of carbonyl (C=O) groups excluding carboxylic acids is 1. The van der Waals surface area contributed by atoms with E-state index in [9.17, 15) is 4.79 Å². The first-order valence-corrected chi connectivity index (χ1v) is 12.7. The molecule has 0 fully saturated rings. The van der Waals surface area contributed by atoms with E-state index in [0.717, 1.165) is 5.75 Å². The van der Waals surface area contributed by atoms with Gasteiger partial charge in [0.2, 0.25) is 5.91 Å². The van der Waals surface area contributed by atoms with Gasteiger partial charge < -0.3 is 10.1 Å². The van der Waals surface area contributed by atoms with Crippen LogP contribution in [0.25, 0.3) is 0 Å². The maximum Gasteiger partial charge on any atom is 0.234 e. The predicted molar refractivity (Wildman–Crippen MR) is 141 cm³/mol. The highest BCUT2D eigenvalue weighted by Gasteiger charge is 2.20. The van der Waals surface area contributed by atoms with Crippen molar-refractivity contribution in [1.29, 1.82) is 0 Å². The minimum absolute atomic E-state index is 0.0950. The topological polar surface area (TPSA) is 69.0 Å². The highest BCUT2D eigenvalue weighted by atomic mass is 35.5. The summed E-state index contributed by atoms with van der Waals surface area (Å²) in [4.78, 5) is 12.5. The van der Waals surface area contributed by atoms with Gasteiger partial charge in [0.05, 0.1) is 26.5 Å². The summed E-state index contributed by atoms with van der Waals surface area (Å²) >= 11 is 19.3. The van der Waals surface area contributed by atoms with Gasteiger partial charge in [0.1, 0.15) is 5.75 Å². The van der Waals surface area contributed by atoms with Crippen LogP contribution in [0.3, 0.4) is 0 Å². The van der Waals surface area contributed by atoms with E-state index >= 15 is 0 Å². The molecule has 180 valence electrons. The number of amides is 1.